The maximum absolute atomic E-state index is 12.7. The number of anilines is 1. The molecule has 1 aliphatic heterocycles. The lowest BCUT2D eigenvalue weighted by Crippen LogP contribution is -2.50. The van der Waals surface area contributed by atoms with Gasteiger partial charge in [0.25, 0.3) is 5.91 Å². The van der Waals surface area contributed by atoms with Crippen LogP contribution in [-0.2, 0) is 4.79 Å². The Hall–Kier alpha value is -2.05. The number of benzene rings is 1. The zero-order chi connectivity index (χ0) is 18.0. The number of aromatic nitrogens is 1. The molecule has 1 saturated heterocycles. The number of rotatable bonds is 3. The highest BCUT2D eigenvalue weighted by Gasteiger charge is 2.34. The summed E-state index contributed by atoms with van der Waals surface area (Å²) < 4.78 is 5.05. The lowest BCUT2D eigenvalue weighted by molar-refractivity contribution is -0.121. The van der Waals surface area contributed by atoms with E-state index in [9.17, 15) is 9.59 Å². The molecule has 1 fully saturated rings. The Morgan fingerprint density at radius 3 is 2.76 bits per heavy atom. The third-order valence-corrected chi connectivity index (χ3v) is 4.64. The Morgan fingerprint density at radius 1 is 1.28 bits per heavy atom. The van der Waals surface area contributed by atoms with Gasteiger partial charge >= 0.3 is 0 Å². The molecule has 0 unspecified atom stereocenters. The first-order valence-corrected chi connectivity index (χ1v) is 8.71. The fraction of sp³-hybridized carbons (Fsp3) is 0.353. The average Bonchev–Trinajstić information content (AvgIpc) is 3.03. The predicted octanol–water partition coefficient (Wildman–Crippen LogP) is 3.92. The first-order chi connectivity index (χ1) is 12.0. The van der Waals surface area contributed by atoms with Gasteiger partial charge in [0.1, 0.15) is 6.04 Å². The number of carbonyl (C=O) groups excluding carboxylic acids is 2. The van der Waals surface area contributed by atoms with Crippen molar-refractivity contribution in [1.29, 1.82) is 0 Å². The summed E-state index contributed by atoms with van der Waals surface area (Å²) in [5.74, 6) is -0.474. The second kappa shape index (κ2) is 7.45. The van der Waals surface area contributed by atoms with E-state index in [0.717, 1.165) is 12.8 Å². The highest BCUT2D eigenvalue weighted by atomic mass is 35.5. The summed E-state index contributed by atoms with van der Waals surface area (Å²) in [6.45, 7) is 2.23. The number of carbonyl (C=O) groups is 2. The second-order valence-corrected chi connectivity index (χ2v) is 6.80. The van der Waals surface area contributed by atoms with Crippen molar-refractivity contribution in [1.82, 2.24) is 10.1 Å². The normalized spacial score (nSPS) is 17.4. The molecular formula is C17H17Cl2N3O3. The van der Waals surface area contributed by atoms with Crippen LogP contribution in [0.15, 0.2) is 28.8 Å². The van der Waals surface area contributed by atoms with Crippen LogP contribution in [-0.4, -0.2) is 34.5 Å². The molecule has 2 amide bonds. The number of hydrogen-bond acceptors (Lipinski definition) is 4. The third kappa shape index (κ3) is 3.96. The smallest absolute Gasteiger partial charge is 0.293 e. The predicted molar refractivity (Wildman–Crippen MR) is 95.0 cm³/mol. The molecule has 25 heavy (non-hydrogen) atoms. The summed E-state index contributed by atoms with van der Waals surface area (Å²) in [5, 5.41) is 7.35. The Morgan fingerprint density at radius 2 is 2.08 bits per heavy atom. The van der Waals surface area contributed by atoms with E-state index in [-0.39, 0.29) is 17.6 Å². The van der Waals surface area contributed by atoms with Gasteiger partial charge in [-0.25, -0.2) is 0 Å². The number of piperidine rings is 1. The Labute approximate surface area is 155 Å². The summed E-state index contributed by atoms with van der Waals surface area (Å²) in [4.78, 5) is 26.9. The van der Waals surface area contributed by atoms with Crippen LogP contribution in [0.2, 0.25) is 10.0 Å². The maximum Gasteiger partial charge on any atom is 0.293 e. The lowest BCUT2D eigenvalue weighted by Gasteiger charge is -2.34. The van der Waals surface area contributed by atoms with Gasteiger partial charge in [0.05, 0.1) is 16.4 Å². The van der Waals surface area contributed by atoms with Crippen molar-refractivity contribution in [3.8, 4) is 0 Å². The Kier molecular flexibility index (Phi) is 5.30. The number of nitrogens with one attached hydrogen (secondary N) is 1. The monoisotopic (exact) mass is 381 g/mol. The SMILES string of the molecule is Cc1cc(C(=O)N2CCCC[C@H]2C(=O)Nc2ccc(Cl)cc2Cl)on1. The van der Waals surface area contributed by atoms with E-state index >= 15 is 0 Å². The van der Waals surface area contributed by atoms with Gasteiger partial charge in [-0.15, -0.1) is 0 Å². The summed E-state index contributed by atoms with van der Waals surface area (Å²) in [6, 6.07) is 5.82. The van der Waals surface area contributed by atoms with E-state index in [1.165, 1.54) is 4.90 Å². The largest absolute Gasteiger partial charge is 0.351 e. The van der Waals surface area contributed by atoms with Crippen LogP contribution in [0.25, 0.3) is 0 Å². The van der Waals surface area contributed by atoms with Crippen LogP contribution in [0.4, 0.5) is 5.69 Å². The number of likely N-dealkylation sites (tertiary alicyclic amines) is 1. The number of halogens is 2. The molecule has 6 nitrogen and oxygen atoms in total. The zero-order valence-corrected chi connectivity index (χ0v) is 15.1. The molecule has 1 aliphatic rings. The summed E-state index contributed by atoms with van der Waals surface area (Å²) in [6.07, 6.45) is 2.28. The van der Waals surface area contributed by atoms with Crippen molar-refractivity contribution >= 4 is 40.7 Å². The quantitative estimate of drug-likeness (QED) is 0.873. The lowest BCUT2D eigenvalue weighted by atomic mass is 10.0. The minimum absolute atomic E-state index is 0.140. The van der Waals surface area contributed by atoms with Crippen LogP contribution >= 0.6 is 23.2 Å². The Balaban J connectivity index is 1.78. The van der Waals surface area contributed by atoms with Gasteiger partial charge in [-0.2, -0.15) is 0 Å². The highest BCUT2D eigenvalue weighted by Crippen LogP contribution is 2.27. The van der Waals surface area contributed by atoms with Gasteiger partial charge < -0.3 is 14.7 Å². The summed E-state index contributed by atoms with van der Waals surface area (Å²) in [5.41, 5.74) is 1.08. The molecule has 0 saturated carbocycles. The number of hydrogen-bond donors (Lipinski definition) is 1. The third-order valence-electron chi connectivity index (χ3n) is 4.09. The zero-order valence-electron chi connectivity index (χ0n) is 13.6. The molecule has 1 aromatic heterocycles. The van der Waals surface area contributed by atoms with Crippen molar-refractivity contribution in [2.75, 3.05) is 11.9 Å². The Bertz CT molecular complexity index is 806. The van der Waals surface area contributed by atoms with Crippen LogP contribution in [0.1, 0.15) is 35.5 Å². The van der Waals surface area contributed by atoms with E-state index in [2.05, 4.69) is 10.5 Å². The molecule has 0 radical (unpaired) electrons. The van der Waals surface area contributed by atoms with Crippen molar-refractivity contribution in [3.63, 3.8) is 0 Å². The second-order valence-electron chi connectivity index (χ2n) is 5.96. The molecular weight excluding hydrogens is 365 g/mol. The summed E-state index contributed by atoms with van der Waals surface area (Å²) >= 11 is 12.0. The van der Waals surface area contributed by atoms with Crippen LogP contribution in [0.3, 0.4) is 0 Å². The van der Waals surface area contributed by atoms with Crippen LogP contribution in [0, 0.1) is 6.92 Å². The molecule has 0 aliphatic carbocycles. The van der Waals surface area contributed by atoms with Crippen LogP contribution < -0.4 is 5.32 Å². The van der Waals surface area contributed by atoms with Crippen molar-refractivity contribution in [2.24, 2.45) is 0 Å². The molecule has 1 aromatic carbocycles. The molecule has 3 rings (SSSR count). The first-order valence-electron chi connectivity index (χ1n) is 7.96. The average molecular weight is 382 g/mol. The fourth-order valence-corrected chi connectivity index (χ4v) is 3.32. The molecule has 1 atom stereocenters. The van der Waals surface area contributed by atoms with Gasteiger partial charge in [-0.1, -0.05) is 28.4 Å². The molecule has 1 N–H and O–H groups in total. The molecule has 2 heterocycles. The highest BCUT2D eigenvalue weighted by molar-refractivity contribution is 6.36. The standard InChI is InChI=1S/C17H17Cl2N3O3/c1-10-8-15(25-21-10)17(24)22-7-3-2-4-14(22)16(23)20-13-6-5-11(18)9-12(13)19/h5-6,8-9,14H,2-4,7H2,1H3,(H,20,23)/t14-/m0/s1. The van der Waals surface area contributed by atoms with Crippen LogP contribution in [0.5, 0.6) is 0 Å². The van der Waals surface area contributed by atoms with Crippen molar-refractivity contribution < 1.29 is 14.1 Å². The van der Waals surface area contributed by atoms with E-state index < -0.39 is 6.04 Å². The number of aryl methyl sites for hydroxylation is 1. The molecule has 2 aromatic rings. The first kappa shape index (κ1) is 17.8. The van der Waals surface area contributed by atoms with Gasteiger partial charge in [0.2, 0.25) is 11.7 Å². The molecule has 8 heteroatoms. The van der Waals surface area contributed by atoms with Gasteiger partial charge in [-0.3, -0.25) is 9.59 Å². The number of amides is 2. The molecule has 132 valence electrons. The van der Waals surface area contributed by atoms with E-state index in [0.29, 0.717) is 34.4 Å². The van der Waals surface area contributed by atoms with Crippen molar-refractivity contribution in [2.45, 2.75) is 32.2 Å². The fourth-order valence-electron chi connectivity index (χ4n) is 2.86. The molecule has 0 bridgehead atoms. The van der Waals surface area contributed by atoms with E-state index in [1.54, 1.807) is 31.2 Å². The van der Waals surface area contributed by atoms with Gasteiger partial charge in [-0.05, 0) is 44.4 Å². The minimum atomic E-state index is -0.585. The summed E-state index contributed by atoms with van der Waals surface area (Å²) in [7, 11) is 0. The van der Waals surface area contributed by atoms with Gasteiger partial charge in [0.15, 0.2) is 0 Å². The van der Waals surface area contributed by atoms with Gasteiger partial charge in [0, 0.05) is 17.6 Å². The van der Waals surface area contributed by atoms with Crippen molar-refractivity contribution in [3.05, 3.63) is 45.8 Å². The number of nitrogens with zero attached hydrogens (tertiary/aromatic N) is 2. The molecule has 0 spiro atoms. The topological polar surface area (TPSA) is 75.4 Å². The minimum Gasteiger partial charge on any atom is -0.351 e. The van der Waals surface area contributed by atoms with E-state index in [4.69, 9.17) is 27.7 Å². The van der Waals surface area contributed by atoms with E-state index in [1.807, 2.05) is 0 Å². The maximum atomic E-state index is 12.7.